The molecular weight excluding hydrogens is 316 g/mol. The Bertz CT molecular complexity index is 511. The summed E-state index contributed by atoms with van der Waals surface area (Å²) < 4.78 is 1.07. The normalized spacial score (nSPS) is 25.1. The lowest BCUT2D eigenvalue weighted by molar-refractivity contribution is -0.137. The molecule has 1 aliphatic heterocycles. The number of benzene rings is 1. The largest absolute Gasteiger partial charge is 0.334 e. The second-order valence-corrected chi connectivity index (χ2v) is 6.99. The minimum atomic E-state index is -0.603. The van der Waals surface area contributed by atoms with Crippen LogP contribution in [-0.2, 0) is 4.79 Å². The minimum absolute atomic E-state index is 0.164. The SMILES string of the molecule is NC1(C(=O)N2CCCC2c2cccc(Br)c2)CCCC1. The summed E-state index contributed by atoms with van der Waals surface area (Å²) >= 11 is 3.51. The van der Waals surface area contributed by atoms with Crippen molar-refractivity contribution < 1.29 is 4.79 Å². The van der Waals surface area contributed by atoms with Gasteiger partial charge in [-0.1, -0.05) is 40.9 Å². The van der Waals surface area contributed by atoms with E-state index in [1.165, 1.54) is 5.56 Å². The molecule has 1 aliphatic carbocycles. The summed E-state index contributed by atoms with van der Waals surface area (Å²) in [5.74, 6) is 0.164. The molecule has 20 heavy (non-hydrogen) atoms. The lowest BCUT2D eigenvalue weighted by Gasteiger charge is -2.33. The number of nitrogens with two attached hydrogens (primary N) is 1. The van der Waals surface area contributed by atoms with Gasteiger partial charge in [0.2, 0.25) is 5.91 Å². The number of likely N-dealkylation sites (tertiary alicyclic amines) is 1. The Balaban J connectivity index is 1.84. The molecule has 1 aromatic rings. The van der Waals surface area contributed by atoms with E-state index in [2.05, 4.69) is 28.1 Å². The third-order valence-corrected chi connectivity index (χ3v) is 5.16. The monoisotopic (exact) mass is 336 g/mol. The van der Waals surface area contributed by atoms with Crippen molar-refractivity contribution in [3.8, 4) is 0 Å². The van der Waals surface area contributed by atoms with Gasteiger partial charge in [-0.25, -0.2) is 0 Å². The molecule has 2 aliphatic rings. The molecule has 1 heterocycles. The Kier molecular flexibility index (Phi) is 3.87. The highest BCUT2D eigenvalue weighted by Crippen LogP contribution is 2.37. The van der Waals surface area contributed by atoms with Crippen molar-refractivity contribution >= 4 is 21.8 Å². The van der Waals surface area contributed by atoms with Gasteiger partial charge in [0.05, 0.1) is 11.6 Å². The molecule has 0 bridgehead atoms. The van der Waals surface area contributed by atoms with E-state index in [0.29, 0.717) is 0 Å². The maximum Gasteiger partial charge on any atom is 0.243 e. The fraction of sp³-hybridized carbons (Fsp3) is 0.562. The van der Waals surface area contributed by atoms with Crippen LogP contribution in [-0.4, -0.2) is 22.9 Å². The first-order chi connectivity index (χ1) is 9.60. The van der Waals surface area contributed by atoms with E-state index in [9.17, 15) is 4.79 Å². The van der Waals surface area contributed by atoms with E-state index < -0.39 is 5.54 Å². The van der Waals surface area contributed by atoms with E-state index in [1.54, 1.807) is 0 Å². The van der Waals surface area contributed by atoms with Crippen LogP contribution in [0.15, 0.2) is 28.7 Å². The molecule has 0 aromatic heterocycles. The van der Waals surface area contributed by atoms with Gasteiger partial charge in [-0.05, 0) is 43.4 Å². The minimum Gasteiger partial charge on any atom is -0.334 e. The molecule has 1 unspecified atom stereocenters. The van der Waals surface area contributed by atoms with Crippen LogP contribution in [0.4, 0.5) is 0 Å². The summed E-state index contributed by atoms with van der Waals surface area (Å²) in [6, 6.07) is 8.48. The molecule has 4 heteroatoms. The first-order valence-corrected chi connectivity index (χ1v) is 8.25. The summed E-state index contributed by atoms with van der Waals surface area (Å²) in [6.07, 6.45) is 5.95. The first-order valence-electron chi connectivity index (χ1n) is 7.46. The highest BCUT2D eigenvalue weighted by Gasteiger charge is 2.43. The summed E-state index contributed by atoms with van der Waals surface area (Å²) in [5, 5.41) is 0. The van der Waals surface area contributed by atoms with Crippen molar-refractivity contribution in [1.29, 1.82) is 0 Å². The van der Waals surface area contributed by atoms with Gasteiger partial charge < -0.3 is 10.6 Å². The summed E-state index contributed by atoms with van der Waals surface area (Å²) in [6.45, 7) is 0.842. The summed E-state index contributed by atoms with van der Waals surface area (Å²) in [4.78, 5) is 14.8. The number of nitrogens with zero attached hydrogens (tertiary/aromatic N) is 1. The van der Waals surface area contributed by atoms with Crippen LogP contribution in [0.25, 0.3) is 0 Å². The van der Waals surface area contributed by atoms with E-state index in [1.807, 2.05) is 17.0 Å². The van der Waals surface area contributed by atoms with Gasteiger partial charge in [-0.3, -0.25) is 4.79 Å². The molecule has 2 N–H and O–H groups in total. The highest BCUT2D eigenvalue weighted by molar-refractivity contribution is 9.10. The Labute approximate surface area is 128 Å². The lowest BCUT2D eigenvalue weighted by Crippen LogP contribution is -2.53. The number of halogens is 1. The number of carbonyl (C=O) groups is 1. The predicted molar refractivity (Wildman–Crippen MR) is 83.2 cm³/mol. The van der Waals surface area contributed by atoms with Crippen LogP contribution in [0.5, 0.6) is 0 Å². The van der Waals surface area contributed by atoms with Gasteiger partial charge >= 0.3 is 0 Å². The Morgan fingerprint density at radius 3 is 2.75 bits per heavy atom. The van der Waals surface area contributed by atoms with Crippen LogP contribution in [0.1, 0.15) is 50.1 Å². The van der Waals surface area contributed by atoms with Crippen molar-refractivity contribution in [2.45, 2.75) is 50.1 Å². The van der Waals surface area contributed by atoms with Crippen LogP contribution < -0.4 is 5.73 Å². The maximum absolute atomic E-state index is 12.8. The number of rotatable bonds is 2. The lowest BCUT2D eigenvalue weighted by atomic mass is 9.95. The summed E-state index contributed by atoms with van der Waals surface area (Å²) in [5.41, 5.74) is 6.96. The Morgan fingerprint density at radius 2 is 2.05 bits per heavy atom. The van der Waals surface area contributed by atoms with Crippen molar-refractivity contribution in [3.63, 3.8) is 0 Å². The average molecular weight is 337 g/mol. The summed E-state index contributed by atoms with van der Waals surface area (Å²) in [7, 11) is 0. The molecule has 2 fully saturated rings. The maximum atomic E-state index is 12.8. The van der Waals surface area contributed by atoms with Crippen LogP contribution >= 0.6 is 15.9 Å². The quantitative estimate of drug-likeness (QED) is 0.899. The third-order valence-electron chi connectivity index (χ3n) is 4.67. The van der Waals surface area contributed by atoms with Gasteiger partial charge in [0.25, 0.3) is 0 Å². The molecule has 1 aromatic carbocycles. The standard InChI is InChI=1S/C16H21BrN2O/c17-13-6-3-5-12(11-13)14-7-4-10-19(14)15(20)16(18)8-1-2-9-16/h3,5-6,11,14H,1-2,4,7-10,18H2. The number of carbonyl (C=O) groups excluding carboxylic acids is 1. The zero-order valence-electron chi connectivity index (χ0n) is 11.6. The fourth-order valence-corrected chi connectivity index (χ4v) is 3.99. The zero-order chi connectivity index (χ0) is 14.2. The smallest absolute Gasteiger partial charge is 0.243 e. The Morgan fingerprint density at radius 1 is 1.30 bits per heavy atom. The van der Waals surface area contributed by atoms with E-state index in [4.69, 9.17) is 5.73 Å². The fourth-order valence-electron chi connectivity index (χ4n) is 3.58. The van der Waals surface area contributed by atoms with Crippen molar-refractivity contribution in [2.75, 3.05) is 6.54 Å². The molecule has 3 nitrogen and oxygen atoms in total. The third kappa shape index (κ3) is 2.51. The van der Waals surface area contributed by atoms with Crippen molar-refractivity contribution in [1.82, 2.24) is 4.90 Å². The number of hydrogen-bond donors (Lipinski definition) is 1. The molecule has 1 saturated carbocycles. The van der Waals surface area contributed by atoms with E-state index in [-0.39, 0.29) is 11.9 Å². The average Bonchev–Trinajstić information content (AvgIpc) is 3.07. The molecule has 1 atom stereocenters. The topological polar surface area (TPSA) is 46.3 Å². The zero-order valence-corrected chi connectivity index (χ0v) is 13.2. The predicted octanol–water partition coefficient (Wildman–Crippen LogP) is 3.38. The van der Waals surface area contributed by atoms with E-state index >= 15 is 0 Å². The second-order valence-electron chi connectivity index (χ2n) is 6.07. The molecule has 0 radical (unpaired) electrons. The van der Waals surface area contributed by atoms with Gasteiger partial charge in [-0.15, -0.1) is 0 Å². The molecule has 1 amide bonds. The van der Waals surface area contributed by atoms with Crippen LogP contribution in [0.3, 0.4) is 0 Å². The first kappa shape index (κ1) is 14.1. The van der Waals surface area contributed by atoms with Crippen LogP contribution in [0, 0.1) is 0 Å². The molecule has 1 saturated heterocycles. The Hall–Kier alpha value is -0.870. The number of amides is 1. The molecule has 0 spiro atoms. The molecular formula is C16H21BrN2O. The van der Waals surface area contributed by atoms with Crippen molar-refractivity contribution in [2.24, 2.45) is 5.73 Å². The molecule has 3 rings (SSSR count). The number of hydrogen-bond acceptors (Lipinski definition) is 2. The van der Waals surface area contributed by atoms with E-state index in [0.717, 1.165) is 49.5 Å². The molecule has 108 valence electrons. The van der Waals surface area contributed by atoms with Gasteiger partial charge in [0.15, 0.2) is 0 Å². The van der Waals surface area contributed by atoms with Gasteiger partial charge in [0, 0.05) is 11.0 Å². The van der Waals surface area contributed by atoms with Crippen molar-refractivity contribution in [3.05, 3.63) is 34.3 Å². The highest BCUT2D eigenvalue weighted by atomic mass is 79.9. The second kappa shape index (κ2) is 5.49. The van der Waals surface area contributed by atoms with Gasteiger partial charge in [-0.2, -0.15) is 0 Å². The van der Waals surface area contributed by atoms with Gasteiger partial charge in [0.1, 0.15) is 0 Å². The van der Waals surface area contributed by atoms with Crippen LogP contribution in [0.2, 0.25) is 0 Å².